The third kappa shape index (κ3) is 4.29. The Hall–Kier alpha value is -2.43. The summed E-state index contributed by atoms with van der Waals surface area (Å²) in [5, 5.41) is 24.6. The van der Waals surface area contributed by atoms with E-state index in [0.717, 1.165) is 11.3 Å². The number of methoxy groups -OCH3 is 1. The molecule has 0 radical (unpaired) electrons. The summed E-state index contributed by atoms with van der Waals surface area (Å²) in [7, 11) is 1.52. The monoisotopic (exact) mass is 400 g/mol. The van der Waals surface area contributed by atoms with Gasteiger partial charge in [-0.15, -0.1) is 0 Å². The summed E-state index contributed by atoms with van der Waals surface area (Å²) >= 11 is 0. The van der Waals surface area contributed by atoms with Crippen molar-refractivity contribution < 1.29 is 24.4 Å². The van der Waals surface area contributed by atoms with E-state index in [2.05, 4.69) is 15.1 Å². The van der Waals surface area contributed by atoms with Crippen LogP contribution in [-0.4, -0.2) is 68.1 Å². The van der Waals surface area contributed by atoms with Gasteiger partial charge in [-0.2, -0.15) is 10.1 Å². The van der Waals surface area contributed by atoms with Gasteiger partial charge in [-0.1, -0.05) is 30.3 Å². The Balaban J connectivity index is 1.58. The van der Waals surface area contributed by atoms with E-state index in [0.29, 0.717) is 18.8 Å². The number of benzene rings is 1. The van der Waals surface area contributed by atoms with Gasteiger partial charge in [-0.05, 0) is 18.1 Å². The van der Waals surface area contributed by atoms with Crippen molar-refractivity contribution in [3.63, 3.8) is 0 Å². The molecule has 29 heavy (non-hydrogen) atoms. The van der Waals surface area contributed by atoms with Gasteiger partial charge < -0.3 is 24.4 Å². The lowest BCUT2D eigenvalue weighted by Gasteiger charge is -2.43. The summed E-state index contributed by atoms with van der Waals surface area (Å²) in [6.07, 6.45) is 0.637. The molecule has 0 amide bonds. The number of aromatic nitrogens is 4. The zero-order valence-electron chi connectivity index (χ0n) is 16.0. The van der Waals surface area contributed by atoms with Gasteiger partial charge in [0.05, 0.1) is 19.3 Å². The number of nitrogens with zero attached hydrogens (tertiary/aromatic N) is 4. The minimum atomic E-state index is -0.942. The molecule has 0 spiro atoms. The molecule has 1 saturated heterocycles. The second-order valence-electron chi connectivity index (χ2n) is 7.00. The molecule has 1 fully saturated rings. The number of rotatable bonds is 7. The van der Waals surface area contributed by atoms with Crippen molar-refractivity contribution in [2.24, 2.45) is 5.92 Å². The Labute approximate surface area is 167 Å². The number of fused-ring (bicyclic) bond motifs is 1. The first-order valence-corrected chi connectivity index (χ1v) is 9.47. The van der Waals surface area contributed by atoms with E-state index in [1.165, 1.54) is 13.4 Å². The zero-order chi connectivity index (χ0) is 20.2. The molecule has 154 valence electrons. The predicted molar refractivity (Wildman–Crippen MR) is 102 cm³/mol. The molecule has 2 aromatic heterocycles. The van der Waals surface area contributed by atoms with Crippen LogP contribution in [0.25, 0.3) is 5.78 Å². The lowest BCUT2D eigenvalue weighted by atomic mass is 9.85. The van der Waals surface area contributed by atoms with Gasteiger partial charge in [0, 0.05) is 24.9 Å². The Morgan fingerprint density at radius 1 is 1.21 bits per heavy atom. The Bertz CT molecular complexity index is 921. The maximum atomic E-state index is 10.9. The fourth-order valence-corrected chi connectivity index (χ4v) is 3.66. The average molecular weight is 400 g/mol. The van der Waals surface area contributed by atoms with Gasteiger partial charge in [0.15, 0.2) is 6.29 Å². The van der Waals surface area contributed by atoms with E-state index in [1.54, 1.807) is 10.7 Å². The molecule has 3 aromatic rings. The highest BCUT2D eigenvalue weighted by Crippen LogP contribution is 2.32. The number of hydrogen-bond donors (Lipinski definition) is 2. The van der Waals surface area contributed by atoms with Crippen molar-refractivity contribution in [1.29, 1.82) is 0 Å². The summed E-state index contributed by atoms with van der Waals surface area (Å²) in [4.78, 5) is 8.60. The van der Waals surface area contributed by atoms with Crippen molar-refractivity contribution in [2.45, 2.75) is 37.6 Å². The van der Waals surface area contributed by atoms with Gasteiger partial charge in [-0.25, -0.2) is 9.50 Å². The number of aliphatic hydroxyl groups excluding tert-OH is 2. The van der Waals surface area contributed by atoms with Gasteiger partial charge >= 0.3 is 0 Å². The van der Waals surface area contributed by atoms with Crippen LogP contribution in [0.4, 0.5) is 0 Å². The molecule has 0 bridgehead atoms. The highest BCUT2D eigenvalue weighted by atomic mass is 16.7. The van der Waals surface area contributed by atoms with Crippen LogP contribution < -0.4 is 0 Å². The molecular weight excluding hydrogens is 376 g/mol. The van der Waals surface area contributed by atoms with Crippen LogP contribution in [0.2, 0.25) is 0 Å². The van der Waals surface area contributed by atoms with Crippen molar-refractivity contribution in [2.75, 3.05) is 13.7 Å². The van der Waals surface area contributed by atoms with Gasteiger partial charge in [0.25, 0.3) is 5.78 Å². The summed E-state index contributed by atoms with van der Waals surface area (Å²) in [5.41, 5.74) is 1.74. The topological polar surface area (TPSA) is 111 Å². The molecule has 1 aliphatic heterocycles. The van der Waals surface area contributed by atoms with Gasteiger partial charge in [0.2, 0.25) is 0 Å². The van der Waals surface area contributed by atoms with Crippen molar-refractivity contribution in [3.8, 4) is 0 Å². The average Bonchev–Trinajstić information content (AvgIpc) is 3.22. The molecule has 9 heteroatoms. The van der Waals surface area contributed by atoms with Crippen LogP contribution in [0.1, 0.15) is 11.3 Å². The van der Waals surface area contributed by atoms with E-state index < -0.39 is 30.5 Å². The van der Waals surface area contributed by atoms with Crippen LogP contribution in [0, 0.1) is 5.92 Å². The molecule has 0 unspecified atom stereocenters. The van der Waals surface area contributed by atoms with E-state index in [-0.39, 0.29) is 6.61 Å². The number of hydrogen-bond acceptors (Lipinski definition) is 8. The van der Waals surface area contributed by atoms with E-state index in [9.17, 15) is 10.2 Å². The highest BCUT2D eigenvalue weighted by molar-refractivity contribution is 5.26. The molecule has 1 aromatic carbocycles. The Morgan fingerprint density at radius 3 is 2.79 bits per heavy atom. The minimum absolute atomic E-state index is 0.320. The molecule has 9 nitrogen and oxygen atoms in total. The first kappa shape index (κ1) is 19.9. The van der Waals surface area contributed by atoms with Crippen molar-refractivity contribution >= 4 is 5.78 Å². The second-order valence-corrected chi connectivity index (χ2v) is 7.00. The molecule has 2 N–H and O–H groups in total. The molecule has 4 rings (SSSR count). The number of ether oxygens (including phenoxy) is 3. The van der Waals surface area contributed by atoms with Crippen molar-refractivity contribution in [1.82, 2.24) is 19.6 Å². The lowest BCUT2D eigenvalue weighted by Crippen LogP contribution is -2.57. The maximum absolute atomic E-state index is 10.9. The summed E-state index contributed by atoms with van der Waals surface area (Å²) in [6, 6.07) is 11.6. The molecule has 3 heterocycles. The quantitative estimate of drug-likeness (QED) is 0.593. The molecular formula is C20H24N4O5. The molecule has 0 saturated carbocycles. The zero-order valence-corrected chi connectivity index (χ0v) is 16.0. The van der Waals surface area contributed by atoms with Crippen LogP contribution in [0.15, 0.2) is 48.9 Å². The molecule has 0 aliphatic carbocycles. The summed E-state index contributed by atoms with van der Waals surface area (Å²) in [5.74, 6) is 0.0836. The van der Waals surface area contributed by atoms with Gasteiger partial charge in [0.1, 0.15) is 18.5 Å². The minimum Gasteiger partial charge on any atom is -0.394 e. The summed E-state index contributed by atoms with van der Waals surface area (Å²) in [6.45, 7) is 0.0257. The van der Waals surface area contributed by atoms with E-state index in [1.807, 2.05) is 36.4 Å². The lowest BCUT2D eigenvalue weighted by molar-refractivity contribution is -0.294. The SMILES string of the molecule is CO[C@H]1O[C@H](CO)[C@@H](O)[C@@H](Cc2ccn3ncnc3n2)[C@@H]1OCc1ccccc1. The molecule has 1 aliphatic rings. The normalized spacial score (nSPS) is 27.3. The first-order valence-electron chi connectivity index (χ1n) is 9.47. The van der Waals surface area contributed by atoms with Crippen LogP contribution >= 0.6 is 0 Å². The Kier molecular flexibility index (Phi) is 6.12. The first-order chi connectivity index (χ1) is 14.2. The molecule has 5 atom stereocenters. The maximum Gasteiger partial charge on any atom is 0.252 e. The number of aliphatic hydroxyl groups is 2. The third-order valence-electron chi connectivity index (χ3n) is 5.17. The standard InChI is InChI=1S/C20H24N4O5/c1-27-19-18(28-11-13-5-3-2-4-6-13)15(17(26)16(10-25)29-19)9-14-7-8-24-20(23-14)21-12-22-24/h2-8,12,15-19,25-26H,9-11H2,1H3/t15-,16-,17+,18+,19+/m1/s1. The van der Waals surface area contributed by atoms with Crippen LogP contribution in [0.5, 0.6) is 0 Å². The highest BCUT2D eigenvalue weighted by Gasteiger charge is 2.46. The van der Waals surface area contributed by atoms with Gasteiger partial charge in [-0.3, -0.25) is 0 Å². The van der Waals surface area contributed by atoms with E-state index >= 15 is 0 Å². The smallest absolute Gasteiger partial charge is 0.252 e. The fourth-order valence-electron chi connectivity index (χ4n) is 3.66. The Morgan fingerprint density at radius 2 is 2.03 bits per heavy atom. The second kappa shape index (κ2) is 8.93. The van der Waals surface area contributed by atoms with E-state index in [4.69, 9.17) is 14.2 Å². The van der Waals surface area contributed by atoms with Crippen molar-refractivity contribution in [3.05, 3.63) is 60.2 Å². The van der Waals surface area contributed by atoms with Crippen LogP contribution in [0.3, 0.4) is 0 Å². The fraction of sp³-hybridized carbons (Fsp3) is 0.450. The predicted octanol–water partition coefficient (Wildman–Crippen LogP) is 0.593. The third-order valence-corrected chi connectivity index (χ3v) is 5.17. The largest absolute Gasteiger partial charge is 0.394 e. The van der Waals surface area contributed by atoms with Crippen LogP contribution in [-0.2, 0) is 27.2 Å². The summed E-state index contributed by atoms with van der Waals surface area (Å²) < 4.78 is 18.9.